The third-order valence-corrected chi connectivity index (χ3v) is 5.98. The molecule has 0 bridgehead atoms. The van der Waals surface area contributed by atoms with E-state index in [1.54, 1.807) is 17.3 Å². The Balaban J connectivity index is 1.28. The highest BCUT2D eigenvalue weighted by molar-refractivity contribution is 5.89. The molecule has 0 radical (unpaired) electrons. The van der Waals surface area contributed by atoms with Gasteiger partial charge in [0.15, 0.2) is 0 Å². The van der Waals surface area contributed by atoms with Crippen LogP contribution >= 0.6 is 0 Å². The lowest BCUT2D eigenvalue weighted by Crippen LogP contribution is -2.42. The van der Waals surface area contributed by atoms with Crippen LogP contribution in [-0.2, 0) is 22.6 Å². The molecule has 5 nitrogen and oxygen atoms in total. The molecule has 0 saturated carbocycles. The first kappa shape index (κ1) is 18.7. The Morgan fingerprint density at radius 3 is 2.43 bits per heavy atom. The van der Waals surface area contributed by atoms with E-state index in [-0.39, 0.29) is 17.7 Å². The molecular weight excluding hydrogens is 350 g/mol. The van der Waals surface area contributed by atoms with Crippen LogP contribution in [0.3, 0.4) is 0 Å². The molecule has 1 unspecified atom stereocenters. The molecule has 2 aliphatic heterocycles. The summed E-state index contributed by atoms with van der Waals surface area (Å²) in [6, 6.07) is 14.4. The number of carbonyl (C=O) groups is 2. The Labute approximate surface area is 166 Å². The lowest BCUT2D eigenvalue weighted by molar-refractivity contribution is -0.137. The molecule has 0 N–H and O–H groups in total. The molecular formula is C23H27N3O2. The highest BCUT2D eigenvalue weighted by Gasteiger charge is 2.37. The van der Waals surface area contributed by atoms with E-state index in [0.29, 0.717) is 25.4 Å². The van der Waals surface area contributed by atoms with E-state index in [1.807, 2.05) is 23.1 Å². The number of hydrogen-bond donors (Lipinski definition) is 0. The number of likely N-dealkylation sites (tertiary alicyclic amines) is 2. The average Bonchev–Trinajstić information content (AvgIpc) is 3.10. The molecule has 5 heteroatoms. The highest BCUT2D eigenvalue weighted by Crippen LogP contribution is 2.26. The van der Waals surface area contributed by atoms with E-state index in [9.17, 15) is 9.59 Å². The van der Waals surface area contributed by atoms with Crippen LogP contribution in [0.4, 0.5) is 0 Å². The largest absolute Gasteiger partial charge is 0.342 e. The first-order chi connectivity index (χ1) is 13.7. The van der Waals surface area contributed by atoms with Gasteiger partial charge in [0.25, 0.3) is 0 Å². The zero-order chi connectivity index (χ0) is 19.3. The number of piperidine rings is 1. The summed E-state index contributed by atoms with van der Waals surface area (Å²) < 4.78 is 0. The second-order valence-corrected chi connectivity index (χ2v) is 7.99. The maximum absolute atomic E-state index is 12.9. The van der Waals surface area contributed by atoms with E-state index >= 15 is 0 Å². The van der Waals surface area contributed by atoms with Gasteiger partial charge >= 0.3 is 0 Å². The molecule has 0 spiro atoms. The molecule has 0 aliphatic carbocycles. The van der Waals surface area contributed by atoms with Gasteiger partial charge in [-0.05, 0) is 48.4 Å². The van der Waals surface area contributed by atoms with Crippen molar-refractivity contribution in [2.75, 3.05) is 19.6 Å². The Bertz CT molecular complexity index is 801. The van der Waals surface area contributed by atoms with Gasteiger partial charge in [-0.15, -0.1) is 0 Å². The van der Waals surface area contributed by atoms with Crippen LogP contribution in [0.2, 0.25) is 0 Å². The van der Waals surface area contributed by atoms with Gasteiger partial charge in [0.1, 0.15) is 0 Å². The fourth-order valence-corrected chi connectivity index (χ4v) is 4.36. The maximum atomic E-state index is 12.9. The normalized spacial score (nSPS) is 20.6. The van der Waals surface area contributed by atoms with Crippen LogP contribution in [0.15, 0.2) is 54.9 Å². The van der Waals surface area contributed by atoms with E-state index < -0.39 is 0 Å². The maximum Gasteiger partial charge on any atom is 0.227 e. The van der Waals surface area contributed by atoms with E-state index in [4.69, 9.17) is 0 Å². The molecule has 28 heavy (non-hydrogen) atoms. The number of amides is 2. The summed E-state index contributed by atoms with van der Waals surface area (Å²) in [5, 5.41) is 0. The molecule has 2 saturated heterocycles. The molecule has 4 rings (SSSR count). The third kappa shape index (κ3) is 4.41. The van der Waals surface area contributed by atoms with Crippen molar-refractivity contribution >= 4 is 11.8 Å². The van der Waals surface area contributed by atoms with Gasteiger partial charge in [0, 0.05) is 45.0 Å². The topological polar surface area (TPSA) is 53.5 Å². The third-order valence-electron chi connectivity index (χ3n) is 5.98. The van der Waals surface area contributed by atoms with Crippen molar-refractivity contribution in [3.8, 4) is 0 Å². The summed E-state index contributed by atoms with van der Waals surface area (Å²) >= 11 is 0. The summed E-state index contributed by atoms with van der Waals surface area (Å²) in [6.45, 7) is 2.71. The summed E-state index contributed by atoms with van der Waals surface area (Å²) in [4.78, 5) is 33.1. The number of nitrogens with zero attached hydrogens (tertiary/aromatic N) is 3. The summed E-state index contributed by atoms with van der Waals surface area (Å²) in [6.07, 6.45) is 6.98. The van der Waals surface area contributed by atoms with Gasteiger partial charge in [-0.25, -0.2) is 0 Å². The zero-order valence-corrected chi connectivity index (χ0v) is 16.2. The van der Waals surface area contributed by atoms with Crippen molar-refractivity contribution in [3.05, 3.63) is 66.0 Å². The van der Waals surface area contributed by atoms with Crippen molar-refractivity contribution in [2.45, 2.75) is 32.2 Å². The number of aromatic nitrogens is 1. The zero-order valence-electron chi connectivity index (χ0n) is 16.2. The van der Waals surface area contributed by atoms with E-state index in [2.05, 4.69) is 29.2 Å². The van der Waals surface area contributed by atoms with Gasteiger partial charge in [0.2, 0.25) is 11.8 Å². The molecule has 2 aromatic rings. The van der Waals surface area contributed by atoms with Crippen molar-refractivity contribution in [2.24, 2.45) is 11.8 Å². The molecule has 1 aromatic carbocycles. The summed E-state index contributed by atoms with van der Waals surface area (Å²) in [5.74, 6) is 0.678. The van der Waals surface area contributed by atoms with E-state index in [0.717, 1.165) is 37.9 Å². The Morgan fingerprint density at radius 2 is 1.71 bits per heavy atom. The number of hydrogen-bond acceptors (Lipinski definition) is 3. The highest BCUT2D eigenvalue weighted by atomic mass is 16.2. The minimum atomic E-state index is -0.194. The lowest BCUT2D eigenvalue weighted by atomic mass is 9.89. The number of carbonyl (C=O) groups excluding carboxylic acids is 2. The molecule has 2 aliphatic rings. The first-order valence-corrected chi connectivity index (χ1v) is 10.2. The monoisotopic (exact) mass is 377 g/mol. The SMILES string of the molecule is O=C1CC(C(=O)N2CCC(Cc3ccccc3)CC2)CN1Cc1ccncc1. The second-order valence-electron chi connectivity index (χ2n) is 7.99. The smallest absolute Gasteiger partial charge is 0.227 e. The predicted molar refractivity (Wildman–Crippen MR) is 107 cm³/mol. The van der Waals surface area contributed by atoms with Crippen LogP contribution < -0.4 is 0 Å². The van der Waals surface area contributed by atoms with Gasteiger partial charge in [-0.1, -0.05) is 30.3 Å². The molecule has 146 valence electrons. The predicted octanol–water partition coefficient (Wildman–Crippen LogP) is 2.91. The summed E-state index contributed by atoms with van der Waals surface area (Å²) in [7, 11) is 0. The van der Waals surface area contributed by atoms with Crippen molar-refractivity contribution in [1.82, 2.24) is 14.8 Å². The fourth-order valence-electron chi connectivity index (χ4n) is 4.36. The fraction of sp³-hybridized carbons (Fsp3) is 0.435. The first-order valence-electron chi connectivity index (χ1n) is 10.2. The number of rotatable bonds is 5. The van der Waals surface area contributed by atoms with Crippen LogP contribution in [0, 0.1) is 11.8 Å². The van der Waals surface area contributed by atoms with Gasteiger partial charge < -0.3 is 9.80 Å². The molecule has 1 aromatic heterocycles. The van der Waals surface area contributed by atoms with Crippen LogP contribution in [0.25, 0.3) is 0 Å². The summed E-state index contributed by atoms with van der Waals surface area (Å²) in [5.41, 5.74) is 2.43. The Morgan fingerprint density at radius 1 is 1.00 bits per heavy atom. The minimum Gasteiger partial charge on any atom is -0.342 e. The quantitative estimate of drug-likeness (QED) is 0.805. The van der Waals surface area contributed by atoms with Crippen LogP contribution in [0.5, 0.6) is 0 Å². The molecule has 1 atom stereocenters. The van der Waals surface area contributed by atoms with Gasteiger partial charge in [0.05, 0.1) is 5.92 Å². The number of pyridine rings is 1. The second kappa shape index (κ2) is 8.55. The Kier molecular flexibility index (Phi) is 5.70. The van der Waals surface area contributed by atoms with Crippen molar-refractivity contribution < 1.29 is 9.59 Å². The standard InChI is InChI=1S/C23H27N3O2/c27-22-15-21(17-26(22)16-20-6-10-24-11-7-20)23(28)25-12-8-19(9-13-25)14-18-4-2-1-3-5-18/h1-7,10-11,19,21H,8-9,12-17H2. The van der Waals surface area contributed by atoms with Gasteiger partial charge in [-0.2, -0.15) is 0 Å². The van der Waals surface area contributed by atoms with Crippen molar-refractivity contribution in [1.29, 1.82) is 0 Å². The number of benzene rings is 1. The van der Waals surface area contributed by atoms with Gasteiger partial charge in [-0.3, -0.25) is 14.6 Å². The average molecular weight is 377 g/mol. The lowest BCUT2D eigenvalue weighted by Gasteiger charge is -2.33. The Hall–Kier alpha value is -2.69. The molecule has 2 fully saturated rings. The van der Waals surface area contributed by atoms with Crippen LogP contribution in [-0.4, -0.2) is 46.2 Å². The van der Waals surface area contributed by atoms with Crippen LogP contribution in [0.1, 0.15) is 30.4 Å². The molecule has 2 amide bonds. The van der Waals surface area contributed by atoms with E-state index in [1.165, 1.54) is 5.56 Å². The molecule has 3 heterocycles. The minimum absolute atomic E-state index is 0.0779. The van der Waals surface area contributed by atoms with Crippen molar-refractivity contribution in [3.63, 3.8) is 0 Å².